The van der Waals surface area contributed by atoms with Crippen molar-refractivity contribution < 1.29 is 8.42 Å². The molecule has 2 heterocycles. The first-order chi connectivity index (χ1) is 6.54. The summed E-state index contributed by atoms with van der Waals surface area (Å²) in [4.78, 5) is 10.8. The Morgan fingerprint density at radius 1 is 1.50 bits per heavy atom. The summed E-state index contributed by atoms with van der Waals surface area (Å²) in [6.07, 6.45) is 6.23. The molecule has 14 heavy (non-hydrogen) atoms. The molecule has 0 unspecified atom stereocenters. The molecule has 73 valence electrons. The highest BCUT2D eigenvalue weighted by molar-refractivity contribution is 7.91. The number of sulfone groups is 1. The SMILES string of the molecule is [CH2]S(=O)(=O)Cc1nc2ccncc2[nH]1. The number of nitrogens with zero attached hydrogens (tertiary/aromatic N) is 2. The van der Waals surface area contributed by atoms with E-state index in [1.165, 1.54) is 0 Å². The van der Waals surface area contributed by atoms with Gasteiger partial charge in [-0.25, -0.2) is 13.4 Å². The van der Waals surface area contributed by atoms with Crippen LogP contribution < -0.4 is 0 Å². The zero-order valence-corrected chi connectivity index (χ0v) is 8.08. The molecule has 1 radical (unpaired) electrons. The Morgan fingerprint density at radius 3 is 2.93 bits per heavy atom. The molecule has 0 aromatic carbocycles. The van der Waals surface area contributed by atoms with Gasteiger partial charge in [0.15, 0.2) is 9.84 Å². The van der Waals surface area contributed by atoms with E-state index >= 15 is 0 Å². The van der Waals surface area contributed by atoms with Gasteiger partial charge in [-0.2, -0.15) is 0 Å². The molecule has 0 aliphatic carbocycles. The van der Waals surface area contributed by atoms with Gasteiger partial charge < -0.3 is 4.98 Å². The van der Waals surface area contributed by atoms with E-state index in [2.05, 4.69) is 21.2 Å². The minimum Gasteiger partial charge on any atom is -0.340 e. The van der Waals surface area contributed by atoms with Crippen molar-refractivity contribution in [3.05, 3.63) is 30.5 Å². The average molecular weight is 210 g/mol. The molecule has 2 aromatic heterocycles. The summed E-state index contributed by atoms with van der Waals surface area (Å²) in [6.45, 7) is 0. The maximum atomic E-state index is 10.9. The Hall–Kier alpha value is -1.43. The van der Waals surface area contributed by atoms with Crippen LogP contribution in [0.2, 0.25) is 0 Å². The van der Waals surface area contributed by atoms with Gasteiger partial charge in [0.05, 0.1) is 23.5 Å². The Balaban J connectivity index is 2.46. The number of pyridine rings is 1. The van der Waals surface area contributed by atoms with Crippen molar-refractivity contribution in [1.29, 1.82) is 0 Å². The molecular formula is C8H8N3O2S. The fourth-order valence-corrected chi connectivity index (χ4v) is 1.74. The molecule has 1 N–H and O–H groups in total. The minimum absolute atomic E-state index is 0.179. The van der Waals surface area contributed by atoms with Gasteiger partial charge >= 0.3 is 0 Å². The van der Waals surface area contributed by atoms with Crippen LogP contribution in [0.15, 0.2) is 18.5 Å². The molecule has 6 heteroatoms. The van der Waals surface area contributed by atoms with Crippen LogP contribution in [0.5, 0.6) is 0 Å². The second-order valence-electron chi connectivity index (χ2n) is 2.96. The normalized spacial score (nSPS) is 12.1. The van der Waals surface area contributed by atoms with E-state index in [0.717, 1.165) is 5.52 Å². The first-order valence-corrected chi connectivity index (χ1v) is 5.71. The van der Waals surface area contributed by atoms with E-state index in [-0.39, 0.29) is 5.75 Å². The van der Waals surface area contributed by atoms with Crippen molar-refractivity contribution in [1.82, 2.24) is 15.0 Å². The number of aromatic amines is 1. The third kappa shape index (κ3) is 1.90. The fourth-order valence-electron chi connectivity index (χ4n) is 1.19. The number of hydrogen-bond donors (Lipinski definition) is 1. The minimum atomic E-state index is -3.29. The van der Waals surface area contributed by atoms with Gasteiger partial charge in [0.2, 0.25) is 0 Å². The largest absolute Gasteiger partial charge is 0.340 e. The summed E-state index contributed by atoms with van der Waals surface area (Å²) in [5, 5.41) is 0. The molecule has 2 rings (SSSR count). The van der Waals surface area contributed by atoms with Gasteiger partial charge in [0, 0.05) is 6.20 Å². The highest BCUT2D eigenvalue weighted by Gasteiger charge is 2.08. The van der Waals surface area contributed by atoms with Crippen LogP contribution in [0.4, 0.5) is 0 Å². The van der Waals surface area contributed by atoms with Gasteiger partial charge in [-0.05, 0) is 6.07 Å². The number of imidazole rings is 1. The number of nitrogens with one attached hydrogen (secondary N) is 1. The highest BCUT2D eigenvalue weighted by atomic mass is 32.2. The molecule has 0 bridgehead atoms. The van der Waals surface area contributed by atoms with Crippen molar-refractivity contribution in [2.24, 2.45) is 0 Å². The summed E-state index contributed by atoms with van der Waals surface area (Å²) in [6, 6.07) is 1.71. The average Bonchev–Trinajstić information content (AvgIpc) is 2.42. The molecule has 0 atom stereocenters. The smallest absolute Gasteiger partial charge is 0.158 e. The fraction of sp³-hybridized carbons (Fsp3) is 0.125. The molecule has 0 aliphatic rings. The predicted molar refractivity (Wildman–Crippen MR) is 51.9 cm³/mol. The monoisotopic (exact) mass is 210 g/mol. The van der Waals surface area contributed by atoms with Gasteiger partial charge in [-0.1, -0.05) is 0 Å². The Kier molecular flexibility index (Phi) is 1.99. The van der Waals surface area contributed by atoms with Crippen molar-refractivity contribution in [3.63, 3.8) is 0 Å². The van der Waals surface area contributed by atoms with Gasteiger partial charge in [-0.15, -0.1) is 0 Å². The van der Waals surface area contributed by atoms with Crippen LogP contribution in [0.1, 0.15) is 5.82 Å². The van der Waals surface area contributed by atoms with E-state index in [4.69, 9.17) is 0 Å². The zero-order chi connectivity index (χ0) is 10.2. The summed E-state index contributed by atoms with van der Waals surface area (Å²) in [5.74, 6) is 0.213. The lowest BCUT2D eigenvalue weighted by atomic mass is 10.4. The molecule has 0 spiro atoms. The highest BCUT2D eigenvalue weighted by Crippen LogP contribution is 2.10. The molecule has 5 nitrogen and oxygen atoms in total. The second-order valence-corrected chi connectivity index (χ2v) is 4.74. The molecule has 0 saturated heterocycles. The molecular weight excluding hydrogens is 202 g/mol. The van der Waals surface area contributed by atoms with Crippen LogP contribution in [0.25, 0.3) is 11.0 Å². The van der Waals surface area contributed by atoms with E-state index in [1.54, 1.807) is 18.5 Å². The Labute approximate surface area is 81.1 Å². The quantitative estimate of drug-likeness (QED) is 0.790. The molecule has 2 aromatic rings. The number of fused-ring (bicyclic) bond motifs is 1. The lowest BCUT2D eigenvalue weighted by molar-refractivity contribution is 0.602. The molecule has 0 saturated carbocycles. The van der Waals surface area contributed by atoms with Crippen LogP contribution >= 0.6 is 0 Å². The number of hydrogen-bond acceptors (Lipinski definition) is 4. The van der Waals surface area contributed by atoms with Crippen LogP contribution in [0.3, 0.4) is 0 Å². The predicted octanol–water partition coefficient (Wildman–Crippen LogP) is 0.664. The molecule has 0 aliphatic heterocycles. The van der Waals surface area contributed by atoms with Crippen LogP contribution in [0, 0.1) is 6.26 Å². The van der Waals surface area contributed by atoms with E-state index < -0.39 is 9.84 Å². The van der Waals surface area contributed by atoms with E-state index in [0.29, 0.717) is 11.3 Å². The maximum Gasteiger partial charge on any atom is 0.158 e. The second kappa shape index (κ2) is 3.06. The van der Waals surface area contributed by atoms with Crippen molar-refractivity contribution in [2.45, 2.75) is 5.75 Å². The Bertz CT molecular complexity index is 526. The molecule has 0 amide bonds. The molecule has 0 fully saturated rings. The first kappa shape index (κ1) is 9.14. The summed E-state index contributed by atoms with van der Waals surface area (Å²) in [5.41, 5.74) is 1.44. The lowest BCUT2D eigenvalue weighted by Crippen LogP contribution is -1.99. The first-order valence-electron chi connectivity index (χ1n) is 3.89. The zero-order valence-electron chi connectivity index (χ0n) is 7.27. The summed E-state index contributed by atoms with van der Waals surface area (Å²) in [7, 11) is -3.29. The summed E-state index contributed by atoms with van der Waals surface area (Å²) < 4.78 is 21.8. The Morgan fingerprint density at radius 2 is 2.29 bits per heavy atom. The topological polar surface area (TPSA) is 75.7 Å². The number of H-pyrrole nitrogens is 1. The van der Waals surface area contributed by atoms with Gasteiger partial charge in [-0.3, -0.25) is 4.98 Å². The van der Waals surface area contributed by atoms with Gasteiger partial charge in [0.1, 0.15) is 11.6 Å². The third-order valence-corrected chi connectivity index (χ3v) is 2.40. The number of aromatic nitrogens is 3. The number of rotatable bonds is 2. The van der Waals surface area contributed by atoms with Crippen molar-refractivity contribution in [2.75, 3.05) is 0 Å². The lowest BCUT2D eigenvalue weighted by Gasteiger charge is -1.90. The maximum absolute atomic E-state index is 10.9. The van der Waals surface area contributed by atoms with Crippen molar-refractivity contribution >= 4 is 20.9 Å². The standard InChI is InChI=1S/C8H8N3O2S/c1-14(12,13)5-8-10-6-2-3-9-4-7(6)11-8/h2-4H,1,5H2,(H,10,11). The van der Waals surface area contributed by atoms with E-state index in [1.807, 2.05) is 0 Å². The summed E-state index contributed by atoms with van der Waals surface area (Å²) >= 11 is 0. The van der Waals surface area contributed by atoms with E-state index in [9.17, 15) is 8.42 Å². The van der Waals surface area contributed by atoms with Gasteiger partial charge in [0.25, 0.3) is 0 Å². The third-order valence-electron chi connectivity index (χ3n) is 1.69. The van der Waals surface area contributed by atoms with Crippen molar-refractivity contribution in [3.8, 4) is 0 Å². The van der Waals surface area contributed by atoms with Crippen LogP contribution in [-0.2, 0) is 15.6 Å². The van der Waals surface area contributed by atoms with Crippen LogP contribution in [-0.4, -0.2) is 23.4 Å².